The molecule has 1 saturated heterocycles. The van der Waals surface area contributed by atoms with E-state index in [1.165, 1.54) is 30.3 Å². The number of aliphatic hydroxyl groups excluding tert-OH is 1. The number of nitrogens with one attached hydrogen (secondary N) is 6. The van der Waals surface area contributed by atoms with E-state index >= 15 is 0 Å². The van der Waals surface area contributed by atoms with Crippen molar-refractivity contribution in [3.63, 3.8) is 0 Å². The highest BCUT2D eigenvalue weighted by molar-refractivity contribution is 5.98. The van der Waals surface area contributed by atoms with E-state index in [1.807, 2.05) is 0 Å². The van der Waals surface area contributed by atoms with Crippen molar-refractivity contribution < 1.29 is 53.4 Å². The van der Waals surface area contributed by atoms with E-state index < -0.39 is 115 Å². The monoisotopic (exact) mass is 1040 g/mol. The number of aliphatic carboxylic acids is 1. The Morgan fingerprint density at radius 1 is 0.784 bits per heavy atom. The number of ketones is 1. The number of carboxylic acid groups (broad SMARTS) is 1. The molecule has 0 saturated carbocycles. The van der Waals surface area contributed by atoms with Gasteiger partial charge in [0.15, 0.2) is 11.7 Å². The van der Waals surface area contributed by atoms with Crippen LogP contribution in [0.1, 0.15) is 96.0 Å². The molecule has 2 rings (SSSR count). The molecule has 27 nitrogen and oxygen atoms in total. The van der Waals surface area contributed by atoms with Gasteiger partial charge in [-0.2, -0.15) is 0 Å². The lowest BCUT2D eigenvalue weighted by atomic mass is 9.97. The fraction of sp³-hybridized carbons (Fsp3) is 0.638. The molecule has 2 heterocycles. The van der Waals surface area contributed by atoms with Crippen LogP contribution in [0.15, 0.2) is 41.2 Å². The maximum Gasteiger partial charge on any atom is 0.331 e. The first-order chi connectivity index (χ1) is 35.3. The minimum atomic E-state index is -1.56. The second-order valence-electron chi connectivity index (χ2n) is 17.9. The third-order valence-corrected chi connectivity index (χ3v) is 12.1. The molecule has 7 amide bonds. The number of hydrogen-bond donors (Lipinski definition) is 15. The van der Waals surface area contributed by atoms with Gasteiger partial charge in [-0.1, -0.05) is 12.5 Å². The molecule has 1 fully saturated rings. The van der Waals surface area contributed by atoms with Gasteiger partial charge in [0.25, 0.3) is 0 Å². The quantitative estimate of drug-likeness (QED) is 0.0129. The molecule has 0 bridgehead atoms. The van der Waals surface area contributed by atoms with Gasteiger partial charge in [0, 0.05) is 50.4 Å². The molecule has 74 heavy (non-hydrogen) atoms. The Hall–Kier alpha value is -6.65. The fourth-order valence-electron chi connectivity index (χ4n) is 7.86. The van der Waals surface area contributed by atoms with E-state index in [9.17, 15) is 53.4 Å². The summed E-state index contributed by atoms with van der Waals surface area (Å²) < 4.78 is 0. The van der Waals surface area contributed by atoms with Crippen molar-refractivity contribution in [2.45, 2.75) is 145 Å². The molecule has 0 radical (unpaired) electrons. The highest BCUT2D eigenvalue weighted by Crippen LogP contribution is 2.21. The SMILES string of the molecule is C[C@H](NC(=O)[C@@H](NC(=O)[C@@H](N)CCCCN)[C@@H](O)CN)C(=O)NCC(=O)N[C@H](CCCN)C(=O)N1CCC[C@H]1C(=O)N[C@@H](Cc1ccncc1)C(=O)N[C@@H](CCCCN)C(=O)CC/C(=C\CCN=C(N)N)C(=O)O. The van der Waals surface area contributed by atoms with Crippen molar-refractivity contribution in [3.05, 3.63) is 41.7 Å². The van der Waals surface area contributed by atoms with E-state index in [-0.39, 0.29) is 89.0 Å². The number of aliphatic hydroxyl groups is 1. The minimum absolute atomic E-state index is 0.0316. The second-order valence-corrected chi connectivity index (χ2v) is 17.9. The summed E-state index contributed by atoms with van der Waals surface area (Å²) >= 11 is 0. The highest BCUT2D eigenvalue weighted by atomic mass is 16.4. The topological polar surface area (TPSA) is 477 Å². The predicted octanol–water partition coefficient (Wildman–Crippen LogP) is -5.16. The van der Waals surface area contributed by atoms with Gasteiger partial charge in [-0.25, -0.2) is 4.79 Å². The number of rotatable bonds is 36. The molecule has 0 unspecified atom stereocenters. The average Bonchev–Trinajstić information content (AvgIpc) is 3.87. The Morgan fingerprint density at radius 3 is 2.05 bits per heavy atom. The summed E-state index contributed by atoms with van der Waals surface area (Å²) in [5.41, 5.74) is 39.8. The summed E-state index contributed by atoms with van der Waals surface area (Å²) in [7, 11) is 0. The van der Waals surface area contributed by atoms with E-state index in [4.69, 9.17) is 40.1 Å². The number of pyridine rings is 1. The van der Waals surface area contributed by atoms with Gasteiger partial charge >= 0.3 is 5.97 Å². The van der Waals surface area contributed by atoms with E-state index in [0.717, 1.165) is 0 Å². The molecule has 1 aromatic heterocycles. The summed E-state index contributed by atoms with van der Waals surface area (Å²) in [4.78, 5) is 129. The lowest BCUT2D eigenvalue weighted by molar-refractivity contribution is -0.142. The number of amides is 7. The van der Waals surface area contributed by atoms with Gasteiger partial charge in [0.2, 0.25) is 41.4 Å². The Labute approximate surface area is 431 Å². The van der Waals surface area contributed by atoms with E-state index in [2.05, 4.69) is 41.9 Å². The lowest BCUT2D eigenvalue weighted by Crippen LogP contribution is -2.60. The predicted molar refractivity (Wildman–Crippen MR) is 273 cm³/mol. The van der Waals surface area contributed by atoms with Crippen molar-refractivity contribution in [3.8, 4) is 0 Å². The summed E-state index contributed by atoms with van der Waals surface area (Å²) in [5, 5.41) is 35.5. The van der Waals surface area contributed by atoms with Crippen LogP contribution in [0.4, 0.5) is 0 Å². The molecule has 8 atom stereocenters. The van der Waals surface area contributed by atoms with Crippen molar-refractivity contribution in [1.29, 1.82) is 0 Å². The molecule has 1 aliphatic heterocycles. The number of unbranched alkanes of at least 4 members (excludes halogenated alkanes) is 2. The summed E-state index contributed by atoms with van der Waals surface area (Å²) in [6.07, 6.45) is 6.30. The minimum Gasteiger partial charge on any atom is -0.478 e. The zero-order valence-electron chi connectivity index (χ0n) is 42.3. The standard InChI is InChI=1S/C47H80N16O11/c1-28(58-44(71)39(37(65)26-51)62-41(68)31(52)10-2-4-18-48)40(67)57-27-38(66)59-33(12-6-20-50)45(72)63-24-8-13-35(63)43(70)61-34(25-29-16-22-55-23-17-29)42(69)60-32(11-3-5-19-49)36(64)15-14-30(46(73)74)9-7-21-56-47(53)54/h9,16-17,22-23,28,31-35,37,39,65H,2-8,10-15,18-21,24-27,48-52H2,1H3,(H,57,67)(H,58,71)(H,59,66)(H,60,69)(H,61,70)(H,62,68)(H,73,74)(H4,53,54,56)/b30-9+/t28-,31-,32-,33+,34-,35-,37-,39-/m0/s1. The van der Waals surface area contributed by atoms with Crippen molar-refractivity contribution in [2.75, 3.05) is 45.8 Å². The Bertz CT molecular complexity index is 2060. The van der Waals surface area contributed by atoms with Crippen molar-refractivity contribution in [2.24, 2.45) is 45.1 Å². The Balaban J connectivity index is 2.21. The van der Waals surface area contributed by atoms with Gasteiger partial charge in [-0.15, -0.1) is 0 Å². The van der Waals surface area contributed by atoms with Gasteiger partial charge in [0.05, 0.1) is 24.7 Å². The van der Waals surface area contributed by atoms with Crippen LogP contribution in [0.5, 0.6) is 0 Å². The first kappa shape index (κ1) is 63.5. The number of carbonyl (C=O) groups excluding carboxylic acids is 8. The maximum atomic E-state index is 14.2. The molecule has 1 aromatic rings. The highest BCUT2D eigenvalue weighted by Gasteiger charge is 2.39. The second kappa shape index (κ2) is 34.7. The summed E-state index contributed by atoms with van der Waals surface area (Å²) in [6, 6.07) is -5.13. The van der Waals surface area contributed by atoms with Crippen LogP contribution in [0.25, 0.3) is 0 Å². The van der Waals surface area contributed by atoms with Crippen LogP contribution in [0.2, 0.25) is 0 Å². The van der Waals surface area contributed by atoms with Gasteiger partial charge in [-0.3, -0.25) is 48.3 Å². The summed E-state index contributed by atoms with van der Waals surface area (Å²) in [5.74, 6) is -7.09. The number of guanidine groups is 1. The van der Waals surface area contributed by atoms with Crippen molar-refractivity contribution >= 4 is 59.1 Å². The molecule has 0 aliphatic carbocycles. The summed E-state index contributed by atoms with van der Waals surface area (Å²) in [6.45, 7) is 1.39. The first-order valence-electron chi connectivity index (χ1n) is 25.0. The third kappa shape index (κ3) is 23.1. The van der Waals surface area contributed by atoms with Gasteiger partial charge in [0.1, 0.15) is 30.2 Å². The molecular weight excluding hydrogens is 965 g/mol. The van der Waals surface area contributed by atoms with E-state index in [0.29, 0.717) is 50.8 Å². The number of likely N-dealkylation sites (tertiary alicyclic amines) is 1. The largest absolute Gasteiger partial charge is 0.478 e. The lowest BCUT2D eigenvalue weighted by Gasteiger charge is -2.30. The van der Waals surface area contributed by atoms with Gasteiger partial charge < -0.3 is 87.1 Å². The number of hydrogen-bond acceptors (Lipinski definition) is 17. The maximum absolute atomic E-state index is 14.2. The van der Waals surface area contributed by atoms with Crippen LogP contribution in [0, 0.1) is 0 Å². The first-order valence-corrected chi connectivity index (χ1v) is 25.0. The number of nitrogens with two attached hydrogens (primary N) is 7. The zero-order valence-corrected chi connectivity index (χ0v) is 42.3. The smallest absolute Gasteiger partial charge is 0.331 e. The Morgan fingerprint density at radius 2 is 1.43 bits per heavy atom. The van der Waals surface area contributed by atoms with E-state index in [1.54, 1.807) is 12.1 Å². The third-order valence-electron chi connectivity index (χ3n) is 12.1. The number of aromatic nitrogens is 1. The molecule has 1 aliphatic rings. The zero-order chi connectivity index (χ0) is 55.2. The molecule has 22 N–H and O–H groups in total. The normalized spacial score (nSPS) is 16.2. The number of carboxylic acids is 1. The molecule has 0 aromatic carbocycles. The van der Waals surface area contributed by atoms with Crippen LogP contribution in [0.3, 0.4) is 0 Å². The number of Topliss-reactive ketones (excluding diaryl/α,β-unsaturated/α-hetero) is 1. The van der Waals surface area contributed by atoms with Crippen molar-refractivity contribution in [1.82, 2.24) is 41.8 Å². The number of aliphatic imine (C=N–C) groups is 1. The molecule has 414 valence electrons. The van der Waals surface area contributed by atoms with Crippen LogP contribution < -0.4 is 72.0 Å². The Kier molecular flexibility index (Phi) is 29.8. The number of carbonyl (C=O) groups is 9. The van der Waals surface area contributed by atoms with Crippen LogP contribution in [-0.4, -0.2) is 173 Å². The average molecular weight is 1050 g/mol. The van der Waals surface area contributed by atoms with Crippen LogP contribution in [-0.2, 0) is 49.6 Å². The number of nitrogens with zero attached hydrogens (tertiary/aromatic N) is 3. The fourth-order valence-corrected chi connectivity index (χ4v) is 7.86. The molecule has 27 heteroatoms. The molecular formula is C47H80N16O11. The van der Waals surface area contributed by atoms with Crippen LogP contribution >= 0.6 is 0 Å². The van der Waals surface area contributed by atoms with Gasteiger partial charge in [-0.05, 0) is 115 Å². The molecule has 0 spiro atoms.